The standard InChI is InChI=1S/C16H22N2O3/c1-3-12-20-14-5-7-15(8-6-14)21-13-9-16(19)18(2)11-4-10-17/h5-8H,3-4,9,11-13H2,1-2H3. The van der Waals surface area contributed by atoms with Crippen molar-refractivity contribution >= 4 is 5.91 Å². The lowest BCUT2D eigenvalue weighted by Gasteiger charge is -2.15. The van der Waals surface area contributed by atoms with E-state index < -0.39 is 0 Å². The summed E-state index contributed by atoms with van der Waals surface area (Å²) in [5, 5.41) is 8.48. The Hall–Kier alpha value is -2.22. The molecule has 5 nitrogen and oxygen atoms in total. The highest BCUT2D eigenvalue weighted by atomic mass is 16.5. The lowest BCUT2D eigenvalue weighted by Crippen LogP contribution is -2.28. The Morgan fingerprint density at radius 3 is 2.29 bits per heavy atom. The fourth-order valence-corrected chi connectivity index (χ4v) is 1.64. The molecule has 0 saturated heterocycles. The summed E-state index contributed by atoms with van der Waals surface area (Å²) in [6.07, 6.45) is 1.62. The molecule has 0 radical (unpaired) electrons. The van der Waals surface area contributed by atoms with Gasteiger partial charge in [0, 0.05) is 13.6 Å². The highest BCUT2D eigenvalue weighted by molar-refractivity contribution is 5.75. The van der Waals surface area contributed by atoms with Crippen LogP contribution in [0.5, 0.6) is 11.5 Å². The summed E-state index contributed by atoms with van der Waals surface area (Å²) in [5.74, 6) is 1.51. The van der Waals surface area contributed by atoms with E-state index in [1.54, 1.807) is 11.9 Å². The van der Waals surface area contributed by atoms with Crippen molar-refractivity contribution in [3.63, 3.8) is 0 Å². The minimum Gasteiger partial charge on any atom is -0.494 e. The zero-order valence-corrected chi connectivity index (χ0v) is 12.7. The lowest BCUT2D eigenvalue weighted by atomic mass is 10.3. The third kappa shape index (κ3) is 6.66. The smallest absolute Gasteiger partial charge is 0.225 e. The fourth-order valence-electron chi connectivity index (χ4n) is 1.64. The Labute approximate surface area is 126 Å². The van der Waals surface area contributed by atoms with E-state index in [0.717, 1.165) is 12.2 Å². The molecule has 1 aromatic rings. The summed E-state index contributed by atoms with van der Waals surface area (Å²) in [6.45, 7) is 3.54. The van der Waals surface area contributed by atoms with Crippen LogP contribution in [0.25, 0.3) is 0 Å². The molecule has 0 N–H and O–H groups in total. The van der Waals surface area contributed by atoms with Crippen LogP contribution in [0.2, 0.25) is 0 Å². The third-order valence-corrected chi connectivity index (χ3v) is 2.87. The van der Waals surface area contributed by atoms with Gasteiger partial charge in [-0.3, -0.25) is 4.79 Å². The molecule has 1 amide bonds. The summed E-state index contributed by atoms with van der Waals surface area (Å²) < 4.78 is 11.0. The van der Waals surface area contributed by atoms with Gasteiger partial charge in [0.1, 0.15) is 11.5 Å². The number of hydrogen-bond acceptors (Lipinski definition) is 4. The van der Waals surface area contributed by atoms with Gasteiger partial charge in [0.2, 0.25) is 5.91 Å². The van der Waals surface area contributed by atoms with E-state index in [1.807, 2.05) is 30.3 Å². The molecule has 21 heavy (non-hydrogen) atoms. The number of nitriles is 1. The van der Waals surface area contributed by atoms with Crippen molar-refractivity contribution in [2.45, 2.75) is 26.2 Å². The number of carbonyl (C=O) groups excluding carboxylic acids is 1. The summed E-state index contributed by atoms with van der Waals surface area (Å²) in [5.41, 5.74) is 0. The van der Waals surface area contributed by atoms with Gasteiger partial charge < -0.3 is 14.4 Å². The Kier molecular flexibility index (Phi) is 7.73. The maximum Gasteiger partial charge on any atom is 0.225 e. The molecule has 0 bridgehead atoms. The van der Waals surface area contributed by atoms with Crippen LogP contribution in [0.3, 0.4) is 0 Å². The van der Waals surface area contributed by atoms with E-state index in [-0.39, 0.29) is 5.91 Å². The second kappa shape index (κ2) is 9.65. The second-order valence-corrected chi connectivity index (χ2v) is 4.64. The van der Waals surface area contributed by atoms with Crippen molar-refractivity contribution in [3.05, 3.63) is 24.3 Å². The van der Waals surface area contributed by atoms with Crippen molar-refractivity contribution in [3.8, 4) is 17.6 Å². The van der Waals surface area contributed by atoms with Gasteiger partial charge in [-0.2, -0.15) is 5.26 Å². The maximum atomic E-state index is 11.7. The Morgan fingerprint density at radius 2 is 1.76 bits per heavy atom. The molecule has 0 aliphatic carbocycles. The van der Waals surface area contributed by atoms with Crippen molar-refractivity contribution in [2.24, 2.45) is 0 Å². The zero-order chi connectivity index (χ0) is 15.5. The van der Waals surface area contributed by atoms with Gasteiger partial charge in [-0.25, -0.2) is 0 Å². The molecule has 114 valence electrons. The highest BCUT2D eigenvalue weighted by Crippen LogP contribution is 2.17. The predicted octanol–water partition coefficient (Wildman–Crippen LogP) is 2.62. The van der Waals surface area contributed by atoms with Crippen LogP contribution in [-0.4, -0.2) is 37.6 Å². The Balaban J connectivity index is 2.29. The quantitative estimate of drug-likeness (QED) is 0.701. The summed E-state index contributed by atoms with van der Waals surface area (Å²) in [6, 6.07) is 9.38. The predicted molar refractivity (Wildman–Crippen MR) is 80.2 cm³/mol. The van der Waals surface area contributed by atoms with Crippen molar-refractivity contribution in [2.75, 3.05) is 26.8 Å². The van der Waals surface area contributed by atoms with Crippen molar-refractivity contribution in [1.29, 1.82) is 5.26 Å². The van der Waals surface area contributed by atoms with E-state index in [0.29, 0.717) is 38.3 Å². The van der Waals surface area contributed by atoms with Gasteiger partial charge in [0.25, 0.3) is 0 Å². The van der Waals surface area contributed by atoms with Crippen molar-refractivity contribution < 1.29 is 14.3 Å². The minimum atomic E-state index is -0.0202. The molecule has 1 aromatic carbocycles. The molecule has 0 unspecified atom stereocenters. The van der Waals surface area contributed by atoms with Crippen LogP contribution in [0.1, 0.15) is 26.2 Å². The van der Waals surface area contributed by atoms with Crippen LogP contribution in [-0.2, 0) is 4.79 Å². The number of ether oxygens (including phenoxy) is 2. The van der Waals surface area contributed by atoms with Gasteiger partial charge in [0.05, 0.1) is 32.1 Å². The Bertz CT molecular complexity index is 465. The van der Waals surface area contributed by atoms with Crippen LogP contribution in [0.15, 0.2) is 24.3 Å². The molecule has 0 aromatic heterocycles. The first-order valence-corrected chi connectivity index (χ1v) is 7.14. The Morgan fingerprint density at radius 1 is 1.19 bits per heavy atom. The number of carbonyl (C=O) groups is 1. The van der Waals surface area contributed by atoms with Gasteiger partial charge in [-0.15, -0.1) is 0 Å². The molecular weight excluding hydrogens is 268 g/mol. The topological polar surface area (TPSA) is 62.6 Å². The molecular formula is C16H22N2O3. The highest BCUT2D eigenvalue weighted by Gasteiger charge is 2.08. The van der Waals surface area contributed by atoms with Crippen LogP contribution in [0.4, 0.5) is 0 Å². The monoisotopic (exact) mass is 290 g/mol. The van der Waals surface area contributed by atoms with E-state index in [9.17, 15) is 4.79 Å². The fraction of sp³-hybridized carbons (Fsp3) is 0.500. The van der Waals surface area contributed by atoms with E-state index in [1.165, 1.54) is 0 Å². The van der Waals surface area contributed by atoms with Gasteiger partial charge in [-0.05, 0) is 30.7 Å². The zero-order valence-electron chi connectivity index (χ0n) is 12.7. The number of rotatable bonds is 9. The van der Waals surface area contributed by atoms with Gasteiger partial charge in [-0.1, -0.05) is 6.92 Å². The van der Waals surface area contributed by atoms with E-state index >= 15 is 0 Å². The second-order valence-electron chi connectivity index (χ2n) is 4.64. The lowest BCUT2D eigenvalue weighted by molar-refractivity contribution is -0.130. The van der Waals surface area contributed by atoms with Crippen molar-refractivity contribution in [1.82, 2.24) is 4.90 Å². The van der Waals surface area contributed by atoms with Crippen LogP contribution < -0.4 is 9.47 Å². The number of nitrogens with zero attached hydrogens (tertiary/aromatic N) is 2. The van der Waals surface area contributed by atoms with Crippen LogP contribution in [0, 0.1) is 11.3 Å². The first-order valence-electron chi connectivity index (χ1n) is 7.14. The summed E-state index contributed by atoms with van der Waals surface area (Å²) in [4.78, 5) is 13.3. The molecule has 1 rings (SSSR count). The number of amides is 1. The average molecular weight is 290 g/mol. The first-order chi connectivity index (χ1) is 10.2. The molecule has 0 spiro atoms. The number of benzene rings is 1. The molecule has 0 aliphatic rings. The maximum absolute atomic E-state index is 11.7. The largest absolute Gasteiger partial charge is 0.494 e. The molecule has 0 fully saturated rings. The third-order valence-electron chi connectivity index (χ3n) is 2.87. The first kappa shape index (κ1) is 16.8. The summed E-state index contributed by atoms with van der Waals surface area (Å²) >= 11 is 0. The molecule has 0 aliphatic heterocycles. The molecule has 0 atom stereocenters. The normalized spacial score (nSPS) is 9.76. The SMILES string of the molecule is CCCOc1ccc(OCCC(=O)N(C)CCC#N)cc1. The van der Waals surface area contributed by atoms with Gasteiger partial charge in [0.15, 0.2) is 0 Å². The minimum absolute atomic E-state index is 0.0202. The van der Waals surface area contributed by atoms with Crippen LogP contribution >= 0.6 is 0 Å². The van der Waals surface area contributed by atoms with E-state index in [2.05, 4.69) is 6.92 Å². The summed E-state index contributed by atoms with van der Waals surface area (Å²) in [7, 11) is 1.69. The molecule has 0 saturated carbocycles. The number of hydrogen-bond donors (Lipinski definition) is 0. The average Bonchev–Trinajstić information content (AvgIpc) is 2.51. The molecule has 0 heterocycles. The van der Waals surface area contributed by atoms with E-state index in [4.69, 9.17) is 14.7 Å². The van der Waals surface area contributed by atoms with Gasteiger partial charge >= 0.3 is 0 Å². The molecule has 5 heteroatoms.